The van der Waals surface area contributed by atoms with E-state index < -0.39 is 0 Å². The Kier molecular flexibility index (Phi) is 4.30. The number of nitrogens with zero attached hydrogens (tertiary/aromatic N) is 1. The molecule has 0 radical (unpaired) electrons. The largest absolute Gasteiger partial charge is 0.457 e. The lowest BCUT2D eigenvalue weighted by molar-refractivity contribution is 0.319. The first-order valence-electron chi connectivity index (χ1n) is 5.52. The first-order valence-corrected chi connectivity index (χ1v) is 6.28. The molecule has 0 fully saturated rings. The minimum Gasteiger partial charge on any atom is -0.457 e. The lowest BCUT2D eigenvalue weighted by atomic mass is 10.1. The van der Waals surface area contributed by atoms with E-state index in [2.05, 4.69) is 5.16 Å². The monoisotopic (exact) mass is 295 g/mol. The fourth-order valence-corrected chi connectivity index (χ4v) is 1.98. The van der Waals surface area contributed by atoms with E-state index >= 15 is 0 Å². The summed E-state index contributed by atoms with van der Waals surface area (Å²) in [5, 5.41) is 13.0. The van der Waals surface area contributed by atoms with E-state index in [4.69, 9.17) is 33.1 Å². The van der Waals surface area contributed by atoms with Crippen molar-refractivity contribution in [3.63, 3.8) is 0 Å². The van der Waals surface area contributed by atoms with Crippen LogP contribution in [0.15, 0.2) is 47.6 Å². The average Bonchev–Trinajstić information content (AvgIpc) is 2.41. The Labute approximate surface area is 121 Å². The number of hydrogen-bond donors (Lipinski definition) is 1. The molecule has 1 N–H and O–H groups in total. The van der Waals surface area contributed by atoms with Gasteiger partial charge in [-0.3, -0.25) is 0 Å². The fraction of sp³-hybridized carbons (Fsp3) is 0.0714. The van der Waals surface area contributed by atoms with Gasteiger partial charge in [0.2, 0.25) is 0 Å². The highest BCUT2D eigenvalue weighted by Crippen LogP contribution is 2.27. The Morgan fingerprint density at radius 2 is 1.68 bits per heavy atom. The third-order valence-electron chi connectivity index (χ3n) is 2.53. The molecule has 0 amide bonds. The molecule has 0 aliphatic carbocycles. The smallest absolute Gasteiger partial charge is 0.128 e. The normalized spacial score (nSPS) is 11.4. The summed E-state index contributed by atoms with van der Waals surface area (Å²) < 4.78 is 5.64. The van der Waals surface area contributed by atoms with Crippen molar-refractivity contribution >= 4 is 28.9 Å². The van der Waals surface area contributed by atoms with E-state index in [-0.39, 0.29) is 0 Å². The van der Waals surface area contributed by atoms with Crippen LogP contribution in [0.4, 0.5) is 0 Å². The van der Waals surface area contributed by atoms with Crippen molar-refractivity contribution in [2.24, 2.45) is 5.16 Å². The first-order chi connectivity index (χ1) is 9.10. The second kappa shape index (κ2) is 5.95. The second-order valence-electron chi connectivity index (χ2n) is 3.88. The third kappa shape index (κ3) is 3.40. The van der Waals surface area contributed by atoms with Crippen molar-refractivity contribution < 1.29 is 9.94 Å². The molecular weight excluding hydrogens is 285 g/mol. The minimum absolute atomic E-state index is 0.447. The molecule has 0 aliphatic rings. The van der Waals surface area contributed by atoms with Gasteiger partial charge in [0, 0.05) is 16.7 Å². The van der Waals surface area contributed by atoms with Gasteiger partial charge in [0.15, 0.2) is 0 Å². The Balaban J connectivity index is 2.23. The summed E-state index contributed by atoms with van der Waals surface area (Å²) in [6, 6.07) is 12.2. The molecule has 5 heteroatoms. The molecule has 3 nitrogen and oxygen atoms in total. The maximum atomic E-state index is 8.73. The topological polar surface area (TPSA) is 41.8 Å². The molecule has 0 spiro atoms. The van der Waals surface area contributed by atoms with E-state index in [1.165, 1.54) is 0 Å². The highest BCUT2D eigenvalue weighted by Gasteiger charge is 2.06. The number of oxime groups is 1. The first kappa shape index (κ1) is 13.7. The van der Waals surface area contributed by atoms with Gasteiger partial charge in [-0.05, 0) is 43.3 Å². The average molecular weight is 296 g/mol. The number of halogens is 2. The molecule has 0 saturated heterocycles. The summed E-state index contributed by atoms with van der Waals surface area (Å²) in [7, 11) is 0. The van der Waals surface area contributed by atoms with E-state index in [1.807, 2.05) is 0 Å². The fourth-order valence-electron chi connectivity index (χ4n) is 1.55. The molecule has 2 aromatic rings. The van der Waals surface area contributed by atoms with Gasteiger partial charge in [0.25, 0.3) is 0 Å². The van der Waals surface area contributed by atoms with Crippen molar-refractivity contribution in [1.82, 2.24) is 0 Å². The zero-order chi connectivity index (χ0) is 13.8. The number of rotatable bonds is 3. The van der Waals surface area contributed by atoms with Crippen molar-refractivity contribution in [2.45, 2.75) is 6.92 Å². The molecule has 0 atom stereocenters. The van der Waals surface area contributed by atoms with Crippen molar-refractivity contribution in [3.05, 3.63) is 58.1 Å². The van der Waals surface area contributed by atoms with Crippen LogP contribution in [0.3, 0.4) is 0 Å². The summed E-state index contributed by atoms with van der Waals surface area (Å²) in [6.45, 7) is 1.67. The van der Waals surface area contributed by atoms with E-state index in [9.17, 15) is 0 Å². The predicted octanol–water partition coefficient (Wildman–Crippen LogP) is 4.98. The lowest BCUT2D eigenvalue weighted by Crippen LogP contribution is -1.96. The van der Waals surface area contributed by atoms with Crippen molar-refractivity contribution in [3.8, 4) is 11.5 Å². The van der Waals surface area contributed by atoms with Crippen LogP contribution in [0.1, 0.15) is 12.5 Å². The number of hydrogen-bond acceptors (Lipinski definition) is 3. The number of benzene rings is 2. The van der Waals surface area contributed by atoms with Crippen LogP contribution >= 0.6 is 23.2 Å². The van der Waals surface area contributed by atoms with E-state index in [0.717, 1.165) is 0 Å². The molecule has 98 valence electrons. The maximum absolute atomic E-state index is 8.73. The van der Waals surface area contributed by atoms with Gasteiger partial charge in [0.1, 0.15) is 11.5 Å². The van der Waals surface area contributed by atoms with Crippen LogP contribution in [-0.2, 0) is 0 Å². The number of ether oxygens (including phenoxy) is 1. The predicted molar refractivity (Wildman–Crippen MR) is 77.0 cm³/mol. The quantitative estimate of drug-likeness (QED) is 0.493. The van der Waals surface area contributed by atoms with Gasteiger partial charge in [-0.1, -0.05) is 28.4 Å². The molecule has 0 saturated carbocycles. The highest BCUT2D eigenvalue weighted by atomic mass is 35.5. The van der Waals surface area contributed by atoms with Gasteiger partial charge in [-0.2, -0.15) is 0 Å². The standard InChI is InChI=1S/C14H11Cl2NO2/c1-9(17-18)13-7-6-12(8-14(13)16)19-11-4-2-10(15)3-5-11/h2-8,18H,1H3. The summed E-state index contributed by atoms with van der Waals surface area (Å²) in [5.74, 6) is 1.27. The van der Waals surface area contributed by atoms with Crippen LogP contribution in [0, 0.1) is 0 Å². The highest BCUT2D eigenvalue weighted by molar-refractivity contribution is 6.34. The second-order valence-corrected chi connectivity index (χ2v) is 4.73. The van der Waals surface area contributed by atoms with Crippen LogP contribution in [0.25, 0.3) is 0 Å². The molecule has 2 aromatic carbocycles. The molecule has 0 bridgehead atoms. The molecular formula is C14H11Cl2NO2. The van der Waals surface area contributed by atoms with Crippen LogP contribution in [0.2, 0.25) is 10.0 Å². The molecule has 0 unspecified atom stereocenters. The molecule has 0 heterocycles. The molecule has 0 aliphatic heterocycles. The van der Waals surface area contributed by atoms with Gasteiger partial charge in [0.05, 0.1) is 10.7 Å². The van der Waals surface area contributed by atoms with Crippen molar-refractivity contribution in [2.75, 3.05) is 0 Å². The Bertz CT molecular complexity index is 609. The summed E-state index contributed by atoms with van der Waals surface area (Å²) in [5.41, 5.74) is 1.11. The molecule has 19 heavy (non-hydrogen) atoms. The maximum Gasteiger partial charge on any atom is 0.128 e. The molecule has 2 rings (SSSR count). The summed E-state index contributed by atoms with van der Waals surface area (Å²) >= 11 is 11.9. The summed E-state index contributed by atoms with van der Waals surface area (Å²) in [4.78, 5) is 0. The minimum atomic E-state index is 0.447. The van der Waals surface area contributed by atoms with Gasteiger partial charge in [-0.15, -0.1) is 0 Å². The molecule has 0 aromatic heterocycles. The van der Waals surface area contributed by atoms with Crippen LogP contribution in [-0.4, -0.2) is 10.9 Å². The van der Waals surface area contributed by atoms with Crippen LogP contribution in [0.5, 0.6) is 11.5 Å². The zero-order valence-corrected chi connectivity index (χ0v) is 11.6. The van der Waals surface area contributed by atoms with Crippen molar-refractivity contribution in [1.29, 1.82) is 0 Å². The Morgan fingerprint density at radius 1 is 1.05 bits per heavy atom. The van der Waals surface area contributed by atoms with Crippen LogP contribution < -0.4 is 4.74 Å². The Hall–Kier alpha value is -1.71. The Morgan fingerprint density at radius 3 is 2.26 bits per heavy atom. The lowest BCUT2D eigenvalue weighted by Gasteiger charge is -2.08. The van der Waals surface area contributed by atoms with Gasteiger partial charge in [-0.25, -0.2) is 0 Å². The van der Waals surface area contributed by atoms with E-state index in [0.29, 0.717) is 32.8 Å². The zero-order valence-electron chi connectivity index (χ0n) is 10.1. The van der Waals surface area contributed by atoms with Gasteiger partial charge < -0.3 is 9.94 Å². The SMILES string of the molecule is CC(=NO)c1ccc(Oc2ccc(Cl)cc2)cc1Cl. The van der Waals surface area contributed by atoms with E-state index in [1.54, 1.807) is 49.4 Å². The summed E-state index contributed by atoms with van der Waals surface area (Å²) in [6.07, 6.45) is 0. The van der Waals surface area contributed by atoms with Gasteiger partial charge >= 0.3 is 0 Å². The third-order valence-corrected chi connectivity index (χ3v) is 3.09.